The van der Waals surface area contributed by atoms with Gasteiger partial charge in [-0.25, -0.2) is 0 Å². The van der Waals surface area contributed by atoms with Crippen molar-refractivity contribution in [3.63, 3.8) is 0 Å². The summed E-state index contributed by atoms with van der Waals surface area (Å²) in [6, 6.07) is -0.421. The fourth-order valence-electron chi connectivity index (χ4n) is 1.31. The van der Waals surface area contributed by atoms with Crippen LogP contribution >= 0.6 is 0 Å². The van der Waals surface area contributed by atoms with E-state index in [0.29, 0.717) is 0 Å². The van der Waals surface area contributed by atoms with Crippen LogP contribution in [0.2, 0.25) is 0 Å². The van der Waals surface area contributed by atoms with Crippen LogP contribution in [0.5, 0.6) is 0 Å². The molecule has 3 nitrogen and oxygen atoms in total. The number of rotatable bonds is 2. The van der Waals surface area contributed by atoms with Gasteiger partial charge in [0.25, 0.3) is 0 Å². The van der Waals surface area contributed by atoms with Gasteiger partial charge in [0.05, 0.1) is 6.04 Å². The SMILES string of the molecule is CC(=O)N[C@H](C(=O)C(C)(C)C)C(C)(C)C. The third-order valence-corrected chi connectivity index (χ3v) is 2.22. The summed E-state index contributed by atoms with van der Waals surface area (Å²) >= 11 is 0. The summed E-state index contributed by atoms with van der Waals surface area (Å²) in [6.07, 6.45) is 0. The zero-order valence-corrected chi connectivity index (χ0v) is 10.9. The van der Waals surface area contributed by atoms with E-state index in [1.807, 2.05) is 41.5 Å². The summed E-state index contributed by atoms with van der Waals surface area (Å²) in [5.41, 5.74) is -0.684. The molecule has 1 amide bonds. The highest BCUT2D eigenvalue weighted by Crippen LogP contribution is 2.27. The highest BCUT2D eigenvalue weighted by Gasteiger charge is 2.37. The van der Waals surface area contributed by atoms with Crippen LogP contribution in [0.3, 0.4) is 0 Å². The third-order valence-electron chi connectivity index (χ3n) is 2.22. The summed E-state index contributed by atoms with van der Waals surface area (Å²) < 4.78 is 0. The molecule has 0 spiro atoms. The highest BCUT2D eigenvalue weighted by molar-refractivity contribution is 5.92. The monoisotopic (exact) mass is 213 g/mol. The molecule has 0 radical (unpaired) electrons. The molecule has 0 bridgehead atoms. The summed E-state index contributed by atoms with van der Waals surface area (Å²) in [5.74, 6) is -0.0854. The lowest BCUT2D eigenvalue weighted by Gasteiger charge is -2.34. The quantitative estimate of drug-likeness (QED) is 0.764. The van der Waals surface area contributed by atoms with Crippen molar-refractivity contribution in [3.05, 3.63) is 0 Å². The van der Waals surface area contributed by atoms with Crippen LogP contribution in [0, 0.1) is 10.8 Å². The van der Waals surface area contributed by atoms with Gasteiger partial charge in [0.15, 0.2) is 5.78 Å². The zero-order chi connectivity index (χ0) is 12.4. The van der Waals surface area contributed by atoms with E-state index >= 15 is 0 Å². The van der Waals surface area contributed by atoms with Crippen LogP contribution < -0.4 is 5.32 Å². The second-order valence-corrected chi connectivity index (χ2v) is 6.11. The molecule has 1 atom stereocenters. The fourth-order valence-corrected chi connectivity index (χ4v) is 1.31. The predicted octanol–water partition coefficient (Wildman–Crippen LogP) is 2.15. The number of Topliss-reactive ketones (excluding diaryl/α,β-unsaturated/α-hetero) is 1. The zero-order valence-electron chi connectivity index (χ0n) is 10.9. The Balaban J connectivity index is 4.97. The first kappa shape index (κ1) is 14.1. The van der Waals surface area contributed by atoms with Gasteiger partial charge in [-0.2, -0.15) is 0 Å². The van der Waals surface area contributed by atoms with Gasteiger partial charge >= 0.3 is 0 Å². The van der Waals surface area contributed by atoms with Crippen LogP contribution in [0.1, 0.15) is 48.5 Å². The number of carbonyl (C=O) groups excluding carboxylic acids is 2. The minimum Gasteiger partial charge on any atom is -0.346 e. The van der Waals surface area contributed by atoms with Crippen molar-refractivity contribution in [1.29, 1.82) is 0 Å². The average molecular weight is 213 g/mol. The first-order chi connectivity index (χ1) is 6.46. The van der Waals surface area contributed by atoms with Crippen molar-refractivity contribution < 1.29 is 9.59 Å². The second-order valence-electron chi connectivity index (χ2n) is 6.11. The van der Waals surface area contributed by atoms with E-state index in [-0.39, 0.29) is 17.1 Å². The van der Waals surface area contributed by atoms with Crippen molar-refractivity contribution in [2.45, 2.75) is 54.5 Å². The molecular formula is C12H23NO2. The maximum atomic E-state index is 12.1. The molecule has 1 N–H and O–H groups in total. The summed E-state index contributed by atoms with van der Waals surface area (Å²) in [4.78, 5) is 23.2. The molecule has 0 fully saturated rings. The van der Waals surface area contributed by atoms with Gasteiger partial charge in [-0.15, -0.1) is 0 Å². The van der Waals surface area contributed by atoms with Crippen molar-refractivity contribution in [2.24, 2.45) is 10.8 Å². The number of nitrogens with one attached hydrogen (secondary N) is 1. The Kier molecular flexibility index (Phi) is 4.08. The molecule has 0 aliphatic heterocycles. The van der Waals surface area contributed by atoms with Crippen LogP contribution in [0.15, 0.2) is 0 Å². The van der Waals surface area contributed by atoms with Crippen molar-refractivity contribution in [3.8, 4) is 0 Å². The average Bonchev–Trinajstić information content (AvgIpc) is 1.94. The Hall–Kier alpha value is -0.860. The molecule has 0 saturated heterocycles. The Bertz CT molecular complexity index is 256. The van der Waals surface area contributed by atoms with Crippen molar-refractivity contribution in [1.82, 2.24) is 5.32 Å². The van der Waals surface area contributed by atoms with E-state index in [9.17, 15) is 9.59 Å². The first-order valence-corrected chi connectivity index (χ1v) is 5.27. The highest BCUT2D eigenvalue weighted by atomic mass is 16.2. The number of hydrogen-bond acceptors (Lipinski definition) is 2. The van der Waals surface area contributed by atoms with Gasteiger partial charge in [-0.1, -0.05) is 41.5 Å². The largest absolute Gasteiger partial charge is 0.346 e. The number of amides is 1. The lowest BCUT2D eigenvalue weighted by Crippen LogP contribution is -2.52. The molecule has 0 heterocycles. The molecule has 0 unspecified atom stereocenters. The van der Waals surface area contributed by atoms with E-state index in [1.165, 1.54) is 6.92 Å². The smallest absolute Gasteiger partial charge is 0.217 e. The molecule has 88 valence electrons. The molecule has 3 heteroatoms. The normalized spacial score (nSPS) is 14.6. The molecule has 15 heavy (non-hydrogen) atoms. The van der Waals surface area contributed by atoms with Gasteiger partial charge < -0.3 is 5.32 Å². The molecule has 0 rings (SSSR count). The fraction of sp³-hybridized carbons (Fsp3) is 0.833. The van der Waals surface area contributed by atoms with Crippen LogP contribution in [-0.4, -0.2) is 17.7 Å². The third kappa shape index (κ3) is 4.45. The molecule has 0 aromatic carbocycles. The maximum absolute atomic E-state index is 12.1. The number of ketones is 1. The summed E-state index contributed by atoms with van der Waals surface area (Å²) in [6.45, 7) is 12.9. The maximum Gasteiger partial charge on any atom is 0.217 e. The standard InChI is InChI=1S/C12H23NO2/c1-8(14)13-9(11(2,3)4)10(15)12(5,6)7/h9H,1-7H3,(H,13,14)/t9-/m1/s1. The van der Waals surface area contributed by atoms with Gasteiger partial charge in [-0.05, 0) is 5.41 Å². The van der Waals surface area contributed by atoms with Crippen LogP contribution in [0.4, 0.5) is 0 Å². The first-order valence-electron chi connectivity index (χ1n) is 5.27. The predicted molar refractivity (Wildman–Crippen MR) is 61.5 cm³/mol. The second kappa shape index (κ2) is 4.33. The minimum atomic E-state index is -0.430. The summed E-state index contributed by atoms with van der Waals surface area (Å²) in [5, 5.41) is 2.74. The van der Waals surface area contributed by atoms with E-state index in [2.05, 4.69) is 5.32 Å². The minimum absolute atomic E-state index is 0.0743. The molecule has 0 aromatic heterocycles. The van der Waals surface area contributed by atoms with E-state index in [4.69, 9.17) is 0 Å². The molecular weight excluding hydrogens is 190 g/mol. The van der Waals surface area contributed by atoms with E-state index in [0.717, 1.165) is 0 Å². The van der Waals surface area contributed by atoms with Gasteiger partial charge in [0, 0.05) is 12.3 Å². The molecule has 0 saturated carbocycles. The Morgan fingerprint density at radius 1 is 1.00 bits per heavy atom. The van der Waals surface area contributed by atoms with Gasteiger partial charge in [-0.3, -0.25) is 9.59 Å². The molecule has 0 aromatic rings. The number of hydrogen-bond donors (Lipinski definition) is 1. The summed E-state index contributed by atoms with van der Waals surface area (Å²) in [7, 11) is 0. The van der Waals surface area contributed by atoms with E-state index < -0.39 is 11.5 Å². The van der Waals surface area contributed by atoms with Crippen LogP contribution in [-0.2, 0) is 9.59 Å². The van der Waals surface area contributed by atoms with Crippen LogP contribution in [0.25, 0.3) is 0 Å². The van der Waals surface area contributed by atoms with Gasteiger partial charge in [0.1, 0.15) is 0 Å². The lowest BCUT2D eigenvalue weighted by atomic mass is 9.75. The Morgan fingerprint density at radius 2 is 1.40 bits per heavy atom. The molecule has 0 aliphatic rings. The van der Waals surface area contributed by atoms with Crippen molar-refractivity contribution >= 4 is 11.7 Å². The molecule has 0 aliphatic carbocycles. The Labute approximate surface area is 92.6 Å². The number of carbonyl (C=O) groups is 2. The topological polar surface area (TPSA) is 46.2 Å². The van der Waals surface area contributed by atoms with E-state index in [1.54, 1.807) is 0 Å². The van der Waals surface area contributed by atoms with Crippen molar-refractivity contribution in [2.75, 3.05) is 0 Å². The lowest BCUT2D eigenvalue weighted by molar-refractivity contribution is -0.134. The Morgan fingerprint density at radius 3 is 1.60 bits per heavy atom. The van der Waals surface area contributed by atoms with Gasteiger partial charge in [0.2, 0.25) is 5.91 Å².